The number of aromatic amines is 1. The van der Waals surface area contributed by atoms with Gasteiger partial charge in [-0.15, -0.1) is 0 Å². The molecule has 0 radical (unpaired) electrons. The highest BCUT2D eigenvalue weighted by atomic mass is 16.5. The van der Waals surface area contributed by atoms with Crippen LogP contribution in [0.4, 0.5) is 0 Å². The molecule has 304 valence electrons. The maximum Gasteiger partial charge on any atom is 0.306 e. The molecule has 0 spiro atoms. The highest BCUT2D eigenvalue weighted by molar-refractivity contribution is 6.04. The fourth-order valence-corrected chi connectivity index (χ4v) is 8.86. The number of benzene rings is 2. The van der Waals surface area contributed by atoms with Gasteiger partial charge in [0.25, 0.3) is 0 Å². The predicted octanol–water partition coefficient (Wildman–Crippen LogP) is 5.33. The summed E-state index contributed by atoms with van der Waals surface area (Å²) in [6.45, 7) is 8.19. The van der Waals surface area contributed by atoms with Gasteiger partial charge in [-0.3, -0.25) is 24.2 Å². The molecule has 0 unspecified atom stereocenters. The number of aliphatic imine (C=N–C) groups is 1. The Kier molecular flexibility index (Phi) is 10.7. The lowest BCUT2D eigenvalue weighted by Gasteiger charge is -2.30. The number of amides is 3. The topological polar surface area (TPSA) is 184 Å². The lowest BCUT2D eigenvalue weighted by Crippen LogP contribution is -2.51. The fraction of sp³-hybridized carbons (Fsp3) is 0.465. The van der Waals surface area contributed by atoms with Gasteiger partial charge in [-0.25, -0.2) is 9.67 Å². The molecule has 3 N–H and O–H groups in total. The van der Waals surface area contributed by atoms with Crippen LogP contribution in [-0.4, -0.2) is 103 Å². The van der Waals surface area contributed by atoms with Crippen molar-refractivity contribution in [3.8, 4) is 28.4 Å². The van der Waals surface area contributed by atoms with Gasteiger partial charge in [0.15, 0.2) is 11.5 Å². The van der Waals surface area contributed by atoms with Crippen molar-refractivity contribution in [2.45, 2.75) is 84.3 Å². The Morgan fingerprint density at radius 3 is 2.45 bits per heavy atom. The number of rotatable bonds is 12. The molecular weight excluding hydrogens is 741 g/mol. The third kappa shape index (κ3) is 7.05. The number of aliphatic hydroxyl groups excluding tert-OH is 1. The minimum atomic E-state index is -0.748. The van der Waals surface area contributed by atoms with E-state index in [-0.39, 0.29) is 48.1 Å². The van der Waals surface area contributed by atoms with E-state index in [0.717, 1.165) is 70.4 Å². The molecule has 0 aliphatic carbocycles. The van der Waals surface area contributed by atoms with Crippen molar-refractivity contribution in [2.75, 3.05) is 26.8 Å². The van der Waals surface area contributed by atoms with Crippen LogP contribution in [0, 0.1) is 17.8 Å². The van der Waals surface area contributed by atoms with E-state index in [2.05, 4.69) is 10.3 Å². The van der Waals surface area contributed by atoms with Crippen molar-refractivity contribution >= 4 is 45.9 Å². The van der Waals surface area contributed by atoms with Crippen LogP contribution in [0.3, 0.4) is 0 Å². The quantitative estimate of drug-likeness (QED) is 0.141. The molecule has 2 saturated heterocycles. The third-order valence-corrected chi connectivity index (χ3v) is 12.0. The fourth-order valence-electron chi connectivity index (χ4n) is 8.86. The van der Waals surface area contributed by atoms with E-state index < -0.39 is 24.5 Å². The number of allylic oxidation sites excluding steroid dienone is 1. The zero-order valence-electron chi connectivity index (χ0n) is 33.5. The summed E-state index contributed by atoms with van der Waals surface area (Å²) < 4.78 is 13.3. The van der Waals surface area contributed by atoms with Gasteiger partial charge in [-0.2, -0.15) is 5.10 Å². The number of aliphatic hydroxyl groups is 1. The Morgan fingerprint density at radius 2 is 1.72 bits per heavy atom. The number of H-pyrrole nitrogens is 1. The molecule has 6 heterocycles. The van der Waals surface area contributed by atoms with Crippen molar-refractivity contribution in [3.63, 3.8) is 0 Å². The van der Waals surface area contributed by atoms with Crippen LogP contribution >= 0.6 is 0 Å². The van der Waals surface area contributed by atoms with Crippen molar-refractivity contribution in [1.29, 1.82) is 0 Å². The average Bonchev–Trinajstić information content (AvgIpc) is 4.07. The Hall–Kier alpha value is -5.83. The van der Waals surface area contributed by atoms with Crippen molar-refractivity contribution < 1.29 is 33.8 Å². The number of imidazole rings is 1. The van der Waals surface area contributed by atoms with Crippen LogP contribution in [0.5, 0.6) is 11.5 Å². The molecule has 2 fully saturated rings. The first-order valence-electron chi connectivity index (χ1n) is 20.2. The lowest BCUT2D eigenvalue weighted by molar-refractivity contribution is -0.148. The van der Waals surface area contributed by atoms with Gasteiger partial charge < -0.3 is 34.7 Å². The lowest BCUT2D eigenvalue weighted by atomic mass is 9.90. The van der Waals surface area contributed by atoms with Crippen molar-refractivity contribution in [2.24, 2.45) is 22.7 Å². The molecule has 15 heteroatoms. The molecule has 4 atom stereocenters. The summed E-state index contributed by atoms with van der Waals surface area (Å²) in [5.74, 6) is 0.244. The summed E-state index contributed by atoms with van der Waals surface area (Å²) in [6, 6.07) is 8.85. The second kappa shape index (κ2) is 15.8. The molecule has 4 aromatic rings. The Labute approximate surface area is 336 Å². The van der Waals surface area contributed by atoms with Crippen LogP contribution in [0.1, 0.15) is 83.6 Å². The Balaban J connectivity index is 0.984. The number of nitrogens with one attached hydrogen (secondary N) is 2. The first kappa shape index (κ1) is 39.0. The number of hydrogen-bond acceptors (Lipinski definition) is 10. The monoisotopic (exact) mass is 790 g/mol. The van der Waals surface area contributed by atoms with Crippen molar-refractivity contribution in [1.82, 2.24) is 34.9 Å². The number of methoxy groups -OCH3 is 1. The van der Waals surface area contributed by atoms with Gasteiger partial charge in [0.05, 0.1) is 49.6 Å². The second-order valence-electron chi connectivity index (χ2n) is 16.3. The smallest absolute Gasteiger partial charge is 0.306 e. The number of aromatic nitrogens is 4. The zero-order chi connectivity index (χ0) is 40.8. The van der Waals surface area contributed by atoms with E-state index >= 15 is 0 Å². The summed E-state index contributed by atoms with van der Waals surface area (Å²) in [7, 11) is 1.35. The molecule has 0 saturated carbocycles. The summed E-state index contributed by atoms with van der Waals surface area (Å²) in [4.78, 5) is 68.2. The predicted molar refractivity (Wildman–Crippen MR) is 216 cm³/mol. The maximum absolute atomic E-state index is 13.7. The molecule has 58 heavy (non-hydrogen) atoms. The number of esters is 1. The van der Waals surface area contributed by atoms with E-state index in [0.29, 0.717) is 36.8 Å². The number of ether oxygens (including phenoxy) is 2. The summed E-state index contributed by atoms with van der Waals surface area (Å²) in [6.07, 6.45) is 9.43. The Morgan fingerprint density at radius 1 is 0.966 bits per heavy atom. The summed E-state index contributed by atoms with van der Waals surface area (Å²) in [5.41, 5.74) is 6.27. The van der Waals surface area contributed by atoms with Gasteiger partial charge in [-0.05, 0) is 72.9 Å². The van der Waals surface area contributed by atoms with Crippen LogP contribution in [0.25, 0.3) is 33.4 Å². The molecule has 2 aromatic heterocycles. The van der Waals surface area contributed by atoms with Gasteiger partial charge in [0.2, 0.25) is 17.7 Å². The van der Waals surface area contributed by atoms with Gasteiger partial charge in [0.1, 0.15) is 29.7 Å². The van der Waals surface area contributed by atoms with Crippen molar-refractivity contribution in [3.05, 3.63) is 60.3 Å². The minimum absolute atomic E-state index is 0.000341. The van der Waals surface area contributed by atoms with E-state index in [4.69, 9.17) is 24.5 Å². The largest absolute Gasteiger partial charge is 0.469 e. The number of fused-ring (bicyclic) bond motifs is 2. The van der Waals surface area contributed by atoms with Crippen LogP contribution < -0.4 is 10.1 Å². The van der Waals surface area contributed by atoms with Crippen LogP contribution in [0.2, 0.25) is 0 Å². The average molecular weight is 791 g/mol. The van der Waals surface area contributed by atoms with Crippen LogP contribution in [-0.2, 0) is 23.9 Å². The van der Waals surface area contributed by atoms with E-state index in [9.17, 15) is 24.3 Å². The maximum atomic E-state index is 13.7. The van der Waals surface area contributed by atoms with E-state index in [1.165, 1.54) is 7.11 Å². The molecule has 15 nitrogen and oxygen atoms in total. The third-order valence-electron chi connectivity index (χ3n) is 12.0. The second-order valence-corrected chi connectivity index (χ2v) is 16.3. The number of nitrogens with zero attached hydrogens (tertiary/aromatic N) is 6. The highest BCUT2D eigenvalue weighted by Gasteiger charge is 2.40. The molecule has 2 aromatic carbocycles. The number of likely N-dealkylation sites (tertiary alicyclic amines) is 2. The molecule has 8 rings (SSSR count). The first-order valence-corrected chi connectivity index (χ1v) is 20.2. The molecule has 4 aliphatic heterocycles. The molecule has 4 aliphatic rings. The first-order chi connectivity index (χ1) is 28.0. The molecule has 3 amide bonds. The van der Waals surface area contributed by atoms with Crippen LogP contribution in [0.15, 0.2) is 53.9 Å². The van der Waals surface area contributed by atoms with E-state index in [1.807, 2.05) is 80.0 Å². The minimum Gasteiger partial charge on any atom is -0.469 e. The zero-order valence-corrected chi connectivity index (χ0v) is 33.5. The van der Waals surface area contributed by atoms with Gasteiger partial charge >= 0.3 is 5.97 Å². The SMILES string of the molecule is COC(=O)C[C@H](C(=O)N1CCC[C@H]1C1=NC=C(c2ccc3c(c2)Oc2ccc(-c4cnc([C@@H]5CCCN5C(=O)[C@@H](NC(=O)CO)C(C)C)[nH]4)c4cnn-3c24)C1)C(C)C. The normalized spacial score (nSPS) is 19.6. The summed E-state index contributed by atoms with van der Waals surface area (Å²) in [5, 5.41) is 17.6. The number of hydrogen-bond donors (Lipinski definition) is 3. The van der Waals surface area contributed by atoms with E-state index in [1.54, 1.807) is 11.1 Å². The molecule has 0 bridgehead atoms. The number of carbonyl (C=O) groups is 4. The number of carbonyl (C=O) groups excluding carboxylic acids is 4. The highest BCUT2D eigenvalue weighted by Crippen LogP contribution is 2.45. The molecular formula is C43H50N8O7. The van der Waals surface area contributed by atoms with Gasteiger partial charge in [0, 0.05) is 42.4 Å². The summed E-state index contributed by atoms with van der Waals surface area (Å²) >= 11 is 0. The standard InChI is InChI=1S/C43H50N8O7/c1-23(2)28(18-38(54)57-5)42(55)49-14-6-8-32(49)30-16-26(19-44-30)25-10-12-33-36(17-25)58-35-13-11-27(29-20-46-51(33)40(29)35)31-21-45-41(47-31)34-9-7-15-50(34)43(56)39(24(3)4)48-37(53)22-52/h10-13,17,19-21,23-24,28,32,34,39,52H,6-9,14-16,18,22H2,1-5H3,(H,45,47)(H,48,53)/t28-,32-,34-,39-/m0/s1. The Bertz CT molecular complexity index is 2340. The van der Waals surface area contributed by atoms with Gasteiger partial charge in [-0.1, -0.05) is 33.8 Å².